The van der Waals surface area contributed by atoms with Gasteiger partial charge in [-0.05, 0) is 51.9 Å². The lowest BCUT2D eigenvalue weighted by molar-refractivity contribution is -0.115. The van der Waals surface area contributed by atoms with Crippen LogP contribution < -0.4 is 10.6 Å². The highest BCUT2D eigenvalue weighted by Crippen LogP contribution is 2.29. The topological polar surface area (TPSA) is 128 Å². The fraction of sp³-hybridized carbons (Fsp3) is 0.0357. The fourth-order valence-corrected chi connectivity index (χ4v) is 4.56. The summed E-state index contributed by atoms with van der Waals surface area (Å²) in [7, 11) is 0. The van der Waals surface area contributed by atoms with Gasteiger partial charge < -0.3 is 15.6 Å². The van der Waals surface area contributed by atoms with Crippen molar-refractivity contribution in [2.75, 3.05) is 10.6 Å². The van der Waals surface area contributed by atoms with Gasteiger partial charge in [0.25, 0.3) is 5.91 Å². The van der Waals surface area contributed by atoms with Crippen LogP contribution in [0.5, 0.6) is 0 Å². The Bertz CT molecular complexity index is 1810. The number of hydrogen-bond acceptors (Lipinski definition) is 5. The number of halogens is 1. The van der Waals surface area contributed by atoms with Crippen LogP contribution in [0.4, 0.5) is 11.4 Å². The molecule has 0 atom stereocenters. The van der Waals surface area contributed by atoms with E-state index < -0.39 is 0 Å². The first kappa shape index (κ1) is 23.4. The molecule has 0 bridgehead atoms. The number of benzene rings is 4. The van der Waals surface area contributed by atoms with Crippen molar-refractivity contribution in [2.45, 2.75) is 6.42 Å². The standard InChI is InChI=1S/C28H20ClN7O2/c29-20-10-11-22(21(15-20)27-33-35-36-34-27)32-28(38)24-14-19-6-3-7-23(26(19)31-24)30-25(37)13-16-8-9-17-4-1-2-5-18(17)12-16/h1-12,14-15,31H,13H2,(H,30,37)(H,32,38)(H,33,34,35,36). The average Bonchev–Trinajstić information content (AvgIpc) is 3.61. The van der Waals surface area contributed by atoms with Crippen molar-refractivity contribution in [3.8, 4) is 11.4 Å². The summed E-state index contributed by atoms with van der Waals surface area (Å²) in [6.45, 7) is 0. The van der Waals surface area contributed by atoms with Crippen LogP contribution in [-0.4, -0.2) is 37.4 Å². The molecule has 9 nitrogen and oxygen atoms in total. The number of hydrogen-bond donors (Lipinski definition) is 4. The summed E-state index contributed by atoms with van der Waals surface area (Å²) in [5.41, 5.74) is 3.48. The number of nitrogens with zero attached hydrogens (tertiary/aromatic N) is 3. The minimum atomic E-state index is -0.373. The quantitative estimate of drug-likeness (QED) is 0.227. The highest BCUT2D eigenvalue weighted by atomic mass is 35.5. The lowest BCUT2D eigenvalue weighted by Crippen LogP contribution is -2.15. The van der Waals surface area contributed by atoms with E-state index in [1.807, 2.05) is 54.6 Å². The molecular formula is C28H20ClN7O2. The molecule has 0 aliphatic carbocycles. The van der Waals surface area contributed by atoms with E-state index in [1.54, 1.807) is 30.3 Å². The molecule has 2 amide bonds. The Morgan fingerprint density at radius 1 is 0.816 bits per heavy atom. The number of carbonyl (C=O) groups is 2. The van der Waals surface area contributed by atoms with Crippen molar-refractivity contribution in [3.63, 3.8) is 0 Å². The van der Waals surface area contributed by atoms with E-state index in [0.717, 1.165) is 21.7 Å². The third-order valence-electron chi connectivity index (χ3n) is 6.17. The summed E-state index contributed by atoms with van der Waals surface area (Å²) >= 11 is 6.14. The van der Waals surface area contributed by atoms with Gasteiger partial charge in [0, 0.05) is 16.0 Å². The molecule has 0 aliphatic heterocycles. The predicted octanol–water partition coefficient (Wildman–Crippen LogP) is 5.59. The Kier molecular flexibility index (Phi) is 6.03. The third kappa shape index (κ3) is 4.70. The molecular weight excluding hydrogens is 502 g/mol. The highest BCUT2D eigenvalue weighted by molar-refractivity contribution is 6.31. The maximum Gasteiger partial charge on any atom is 0.272 e. The van der Waals surface area contributed by atoms with E-state index in [4.69, 9.17) is 11.6 Å². The summed E-state index contributed by atoms with van der Waals surface area (Å²) in [5.74, 6) is -0.225. The number of rotatable bonds is 6. The Hall–Kier alpha value is -5.02. The maximum atomic E-state index is 13.1. The number of carbonyl (C=O) groups excluding carboxylic acids is 2. The number of nitrogens with one attached hydrogen (secondary N) is 4. The third-order valence-corrected chi connectivity index (χ3v) is 6.40. The summed E-state index contributed by atoms with van der Waals surface area (Å²) in [6, 6.07) is 26.2. The van der Waals surface area contributed by atoms with E-state index in [2.05, 4.69) is 36.2 Å². The molecule has 0 saturated carbocycles. The molecule has 0 aliphatic rings. The molecule has 0 fully saturated rings. The Balaban J connectivity index is 1.22. The van der Waals surface area contributed by atoms with E-state index in [-0.39, 0.29) is 18.2 Å². The zero-order chi connectivity index (χ0) is 26.1. The minimum absolute atomic E-state index is 0.153. The van der Waals surface area contributed by atoms with E-state index in [0.29, 0.717) is 39.0 Å². The predicted molar refractivity (Wildman–Crippen MR) is 147 cm³/mol. The number of aromatic amines is 2. The first-order valence-corrected chi connectivity index (χ1v) is 12.2. The maximum absolute atomic E-state index is 13.1. The van der Waals surface area contributed by atoms with Crippen LogP contribution >= 0.6 is 11.6 Å². The fourth-order valence-electron chi connectivity index (χ4n) is 4.39. The zero-order valence-corrected chi connectivity index (χ0v) is 20.6. The van der Waals surface area contributed by atoms with Crippen molar-refractivity contribution in [2.24, 2.45) is 0 Å². The van der Waals surface area contributed by atoms with Gasteiger partial charge in [-0.2, -0.15) is 5.21 Å². The first-order chi connectivity index (χ1) is 18.5. The molecule has 2 heterocycles. The number of para-hydroxylation sites is 1. The first-order valence-electron chi connectivity index (χ1n) is 11.8. The van der Waals surface area contributed by atoms with Gasteiger partial charge in [-0.25, -0.2) is 0 Å². The lowest BCUT2D eigenvalue weighted by Gasteiger charge is -2.09. The van der Waals surface area contributed by atoms with Gasteiger partial charge in [0.15, 0.2) is 0 Å². The second kappa shape index (κ2) is 9.79. The molecule has 6 aromatic rings. The van der Waals surface area contributed by atoms with Crippen LogP contribution in [0.1, 0.15) is 16.1 Å². The molecule has 0 saturated heterocycles. The Morgan fingerprint density at radius 3 is 2.50 bits per heavy atom. The molecule has 0 spiro atoms. The number of H-pyrrole nitrogens is 2. The van der Waals surface area contributed by atoms with Crippen LogP contribution in [0, 0.1) is 0 Å². The summed E-state index contributed by atoms with van der Waals surface area (Å²) in [6.07, 6.45) is 0.227. The molecule has 0 radical (unpaired) electrons. The Labute approximate surface area is 221 Å². The van der Waals surface area contributed by atoms with Crippen molar-refractivity contribution in [1.29, 1.82) is 0 Å². The van der Waals surface area contributed by atoms with Crippen LogP contribution in [-0.2, 0) is 11.2 Å². The summed E-state index contributed by atoms with van der Waals surface area (Å²) < 4.78 is 0. The van der Waals surface area contributed by atoms with Gasteiger partial charge in [-0.1, -0.05) is 66.2 Å². The molecule has 38 heavy (non-hydrogen) atoms. The van der Waals surface area contributed by atoms with Gasteiger partial charge in [0.1, 0.15) is 5.69 Å². The van der Waals surface area contributed by atoms with Crippen molar-refractivity contribution < 1.29 is 9.59 Å². The molecule has 4 N–H and O–H groups in total. The second-order valence-corrected chi connectivity index (χ2v) is 9.18. The van der Waals surface area contributed by atoms with Gasteiger partial charge in [-0.15, -0.1) is 10.2 Å². The molecule has 2 aromatic heterocycles. The van der Waals surface area contributed by atoms with E-state index >= 15 is 0 Å². The van der Waals surface area contributed by atoms with Crippen LogP contribution in [0.3, 0.4) is 0 Å². The normalized spacial score (nSPS) is 11.1. The van der Waals surface area contributed by atoms with Crippen molar-refractivity contribution in [1.82, 2.24) is 25.6 Å². The second-order valence-electron chi connectivity index (χ2n) is 8.74. The summed E-state index contributed by atoms with van der Waals surface area (Å²) in [4.78, 5) is 29.2. The Morgan fingerprint density at radius 2 is 1.66 bits per heavy atom. The van der Waals surface area contributed by atoms with E-state index in [9.17, 15) is 9.59 Å². The highest BCUT2D eigenvalue weighted by Gasteiger charge is 2.17. The largest absolute Gasteiger partial charge is 0.349 e. The molecule has 186 valence electrons. The van der Waals surface area contributed by atoms with Crippen LogP contribution in [0.25, 0.3) is 33.1 Å². The number of tetrazole rings is 1. The number of anilines is 2. The van der Waals surface area contributed by atoms with Gasteiger partial charge in [0.05, 0.1) is 23.3 Å². The zero-order valence-electron chi connectivity index (χ0n) is 19.8. The van der Waals surface area contributed by atoms with Gasteiger partial charge >= 0.3 is 0 Å². The minimum Gasteiger partial charge on any atom is -0.349 e. The van der Waals surface area contributed by atoms with Crippen LogP contribution in [0.2, 0.25) is 5.02 Å². The molecule has 6 rings (SSSR count). The average molecular weight is 522 g/mol. The van der Waals surface area contributed by atoms with Gasteiger partial charge in [-0.3, -0.25) is 9.59 Å². The van der Waals surface area contributed by atoms with E-state index in [1.165, 1.54) is 0 Å². The molecule has 0 unspecified atom stereocenters. The smallest absolute Gasteiger partial charge is 0.272 e. The monoisotopic (exact) mass is 521 g/mol. The molecule has 10 heteroatoms. The number of fused-ring (bicyclic) bond motifs is 2. The van der Waals surface area contributed by atoms with Gasteiger partial charge in [0.2, 0.25) is 11.7 Å². The number of aromatic nitrogens is 5. The van der Waals surface area contributed by atoms with Crippen molar-refractivity contribution in [3.05, 3.63) is 101 Å². The lowest BCUT2D eigenvalue weighted by atomic mass is 10.0. The molecule has 4 aromatic carbocycles. The summed E-state index contributed by atoms with van der Waals surface area (Å²) in [5, 5.41) is 23.2. The van der Waals surface area contributed by atoms with Crippen LogP contribution in [0.15, 0.2) is 84.9 Å². The number of amides is 2. The van der Waals surface area contributed by atoms with Crippen molar-refractivity contribution >= 4 is 56.5 Å². The SMILES string of the molecule is O=C(Cc1ccc2ccccc2c1)Nc1cccc2cc(C(=O)Nc3ccc(Cl)cc3-c3nn[nH]n3)[nH]c12.